The van der Waals surface area contributed by atoms with E-state index in [0.29, 0.717) is 26.7 Å². The van der Waals surface area contributed by atoms with Crippen molar-refractivity contribution in [2.24, 2.45) is 4.99 Å². The number of benzene rings is 3. The molecule has 7 heteroatoms. The van der Waals surface area contributed by atoms with Crippen molar-refractivity contribution in [2.75, 3.05) is 0 Å². The van der Waals surface area contributed by atoms with E-state index in [4.69, 9.17) is 23.2 Å². The standard InChI is InChI=1S/C27H21Cl2N3OS/c1-16-7-9-20(11-17(16)2)30-27-31-26(33)25(34-27)13-19-15-32(24-6-4-3-5-21(19)24)14-18-8-10-22(28)23(29)12-18/h3-13,15H,14H2,1-2H3,(H,30,31,33). The number of amidine groups is 1. The molecule has 1 fully saturated rings. The van der Waals surface area contributed by atoms with Crippen molar-refractivity contribution in [3.63, 3.8) is 0 Å². The summed E-state index contributed by atoms with van der Waals surface area (Å²) in [6.45, 7) is 4.76. The van der Waals surface area contributed by atoms with Crippen molar-refractivity contribution >= 4 is 68.7 Å². The van der Waals surface area contributed by atoms with E-state index in [1.54, 1.807) is 0 Å². The Hall–Kier alpha value is -2.99. The number of fused-ring (bicyclic) bond motifs is 1. The topological polar surface area (TPSA) is 46.4 Å². The number of carbonyl (C=O) groups is 1. The van der Waals surface area contributed by atoms with Gasteiger partial charge in [0.05, 0.1) is 20.6 Å². The molecule has 5 rings (SSSR count). The number of hydrogen-bond acceptors (Lipinski definition) is 3. The first-order valence-electron chi connectivity index (χ1n) is 10.8. The quantitative estimate of drug-likeness (QED) is 0.291. The van der Waals surface area contributed by atoms with Crippen LogP contribution in [0.3, 0.4) is 0 Å². The number of carbonyl (C=O) groups excluding carboxylic acids is 1. The van der Waals surface area contributed by atoms with Gasteiger partial charge in [0.2, 0.25) is 0 Å². The fourth-order valence-corrected chi connectivity index (χ4v) is 5.04. The molecule has 3 aromatic carbocycles. The van der Waals surface area contributed by atoms with Gasteiger partial charge in [-0.3, -0.25) is 4.79 Å². The minimum absolute atomic E-state index is 0.145. The third-order valence-corrected chi connectivity index (χ3v) is 7.46. The summed E-state index contributed by atoms with van der Waals surface area (Å²) in [6.07, 6.45) is 3.99. The average molecular weight is 506 g/mol. The molecule has 4 nitrogen and oxygen atoms in total. The highest BCUT2D eigenvalue weighted by atomic mass is 35.5. The van der Waals surface area contributed by atoms with Gasteiger partial charge in [0, 0.05) is 29.2 Å². The summed E-state index contributed by atoms with van der Waals surface area (Å²) < 4.78 is 2.16. The second-order valence-corrected chi connectivity index (χ2v) is 10.1. The van der Waals surface area contributed by atoms with Gasteiger partial charge in [-0.25, -0.2) is 4.99 Å². The van der Waals surface area contributed by atoms with E-state index >= 15 is 0 Å². The Morgan fingerprint density at radius 1 is 1.00 bits per heavy atom. The van der Waals surface area contributed by atoms with Crippen LogP contribution < -0.4 is 5.32 Å². The van der Waals surface area contributed by atoms with Gasteiger partial charge >= 0.3 is 0 Å². The highest BCUT2D eigenvalue weighted by Gasteiger charge is 2.24. The second kappa shape index (κ2) is 9.34. The molecule has 0 bridgehead atoms. The van der Waals surface area contributed by atoms with Crippen LogP contribution in [0.2, 0.25) is 10.0 Å². The van der Waals surface area contributed by atoms with Crippen molar-refractivity contribution in [1.29, 1.82) is 0 Å². The van der Waals surface area contributed by atoms with Crippen LogP contribution in [0.4, 0.5) is 5.69 Å². The number of para-hydroxylation sites is 1. The third kappa shape index (κ3) is 4.64. The van der Waals surface area contributed by atoms with Gasteiger partial charge in [-0.2, -0.15) is 0 Å². The minimum atomic E-state index is -0.145. The fourth-order valence-electron chi connectivity index (χ4n) is 3.89. The number of rotatable bonds is 4. The summed E-state index contributed by atoms with van der Waals surface area (Å²) in [5.41, 5.74) is 6.30. The van der Waals surface area contributed by atoms with E-state index in [9.17, 15) is 4.79 Å². The van der Waals surface area contributed by atoms with E-state index in [1.165, 1.54) is 22.9 Å². The molecule has 34 heavy (non-hydrogen) atoms. The number of aryl methyl sites for hydroxylation is 2. The number of nitrogens with one attached hydrogen (secondary N) is 1. The molecule has 1 aliphatic heterocycles. The first kappa shape index (κ1) is 22.8. The predicted octanol–water partition coefficient (Wildman–Crippen LogP) is 7.50. The Balaban J connectivity index is 1.46. The number of aliphatic imine (C=N–C) groups is 1. The summed E-state index contributed by atoms with van der Waals surface area (Å²) in [4.78, 5) is 17.9. The van der Waals surface area contributed by atoms with Crippen LogP contribution in [0, 0.1) is 13.8 Å². The predicted molar refractivity (Wildman–Crippen MR) is 144 cm³/mol. The van der Waals surface area contributed by atoms with Gasteiger partial charge in [-0.1, -0.05) is 53.5 Å². The summed E-state index contributed by atoms with van der Waals surface area (Å²) in [6, 6.07) is 19.8. The van der Waals surface area contributed by atoms with Crippen LogP contribution >= 0.6 is 35.0 Å². The van der Waals surface area contributed by atoms with Gasteiger partial charge in [0.25, 0.3) is 5.91 Å². The Labute approximate surface area is 212 Å². The smallest absolute Gasteiger partial charge is 0.264 e. The van der Waals surface area contributed by atoms with Crippen LogP contribution in [-0.2, 0) is 11.3 Å². The second-order valence-electron chi connectivity index (χ2n) is 8.23. The maximum atomic E-state index is 12.7. The van der Waals surface area contributed by atoms with E-state index in [0.717, 1.165) is 27.7 Å². The first-order chi connectivity index (χ1) is 16.4. The van der Waals surface area contributed by atoms with Crippen molar-refractivity contribution in [3.8, 4) is 0 Å². The maximum absolute atomic E-state index is 12.7. The Morgan fingerprint density at radius 2 is 1.82 bits per heavy atom. The lowest BCUT2D eigenvalue weighted by Crippen LogP contribution is -2.19. The monoisotopic (exact) mass is 505 g/mol. The molecule has 1 aromatic heterocycles. The Kier molecular flexibility index (Phi) is 6.26. The minimum Gasteiger partial charge on any atom is -0.342 e. The lowest BCUT2D eigenvalue weighted by atomic mass is 10.1. The van der Waals surface area contributed by atoms with Crippen LogP contribution in [0.25, 0.3) is 17.0 Å². The Bertz CT molecular complexity index is 1500. The average Bonchev–Trinajstić information content (AvgIpc) is 3.33. The zero-order valence-corrected chi connectivity index (χ0v) is 20.9. The fraction of sp³-hybridized carbons (Fsp3) is 0.111. The van der Waals surface area contributed by atoms with Crippen molar-refractivity contribution in [1.82, 2.24) is 9.88 Å². The molecular formula is C27H21Cl2N3OS. The number of thioether (sulfide) groups is 1. The molecule has 0 aliphatic carbocycles. The van der Waals surface area contributed by atoms with E-state index < -0.39 is 0 Å². The normalized spacial score (nSPS) is 16.1. The van der Waals surface area contributed by atoms with E-state index in [2.05, 4.69) is 47.1 Å². The number of amides is 1. The lowest BCUT2D eigenvalue weighted by Gasteiger charge is -2.06. The number of halogens is 2. The molecule has 1 N–H and O–H groups in total. The van der Waals surface area contributed by atoms with Gasteiger partial charge in [-0.05, 0) is 78.7 Å². The lowest BCUT2D eigenvalue weighted by molar-refractivity contribution is -0.115. The van der Waals surface area contributed by atoms with Crippen molar-refractivity contribution in [3.05, 3.63) is 104 Å². The molecule has 0 saturated carbocycles. The molecule has 0 atom stereocenters. The largest absolute Gasteiger partial charge is 0.342 e. The van der Waals surface area contributed by atoms with Gasteiger partial charge in [0.15, 0.2) is 5.17 Å². The molecular weight excluding hydrogens is 485 g/mol. The molecule has 1 amide bonds. The molecule has 1 saturated heterocycles. The molecule has 2 heterocycles. The molecule has 170 valence electrons. The molecule has 0 unspecified atom stereocenters. The van der Waals surface area contributed by atoms with Gasteiger partial charge < -0.3 is 9.88 Å². The van der Waals surface area contributed by atoms with Crippen LogP contribution in [0.1, 0.15) is 22.3 Å². The van der Waals surface area contributed by atoms with E-state index in [1.807, 2.05) is 54.6 Å². The van der Waals surface area contributed by atoms with Crippen LogP contribution in [-0.4, -0.2) is 15.6 Å². The van der Waals surface area contributed by atoms with Crippen molar-refractivity contribution < 1.29 is 4.79 Å². The zero-order chi connectivity index (χ0) is 23.8. The van der Waals surface area contributed by atoms with Gasteiger partial charge in [0.1, 0.15) is 0 Å². The zero-order valence-electron chi connectivity index (χ0n) is 18.6. The summed E-state index contributed by atoms with van der Waals surface area (Å²) in [7, 11) is 0. The first-order valence-corrected chi connectivity index (χ1v) is 12.3. The van der Waals surface area contributed by atoms with E-state index in [-0.39, 0.29) is 5.91 Å². The van der Waals surface area contributed by atoms with Gasteiger partial charge in [-0.15, -0.1) is 0 Å². The third-order valence-electron chi connectivity index (χ3n) is 5.81. The summed E-state index contributed by atoms with van der Waals surface area (Å²) in [5.74, 6) is -0.145. The number of hydrogen-bond donors (Lipinski definition) is 1. The SMILES string of the molecule is Cc1ccc(N=C2NC(=O)C(=Cc3cn(Cc4ccc(Cl)c(Cl)c4)c4ccccc34)S2)cc1C. The highest BCUT2D eigenvalue weighted by Crippen LogP contribution is 2.32. The van der Waals surface area contributed by atoms with Crippen LogP contribution in [0.5, 0.6) is 0 Å². The summed E-state index contributed by atoms with van der Waals surface area (Å²) in [5, 5.41) is 5.61. The molecule has 0 radical (unpaired) electrons. The number of nitrogens with zero attached hydrogens (tertiary/aromatic N) is 2. The maximum Gasteiger partial charge on any atom is 0.264 e. The molecule has 0 spiro atoms. The Morgan fingerprint density at radius 3 is 2.62 bits per heavy atom. The van der Waals surface area contributed by atoms with Crippen molar-refractivity contribution in [2.45, 2.75) is 20.4 Å². The molecule has 4 aromatic rings. The number of aromatic nitrogens is 1. The van der Waals surface area contributed by atoms with Crippen LogP contribution in [0.15, 0.2) is 76.8 Å². The highest BCUT2D eigenvalue weighted by molar-refractivity contribution is 8.18. The molecule has 1 aliphatic rings. The summed E-state index contributed by atoms with van der Waals surface area (Å²) >= 11 is 13.6.